The number of guanidine groups is 1. The van der Waals surface area contributed by atoms with E-state index in [1.807, 2.05) is 49.9 Å². The summed E-state index contributed by atoms with van der Waals surface area (Å²) in [4.78, 5) is 30.9. The van der Waals surface area contributed by atoms with Crippen LogP contribution in [-0.2, 0) is 16.1 Å². The molecule has 8 nitrogen and oxygen atoms in total. The van der Waals surface area contributed by atoms with Gasteiger partial charge in [0.25, 0.3) is 5.91 Å². The smallest absolute Gasteiger partial charge is 0.254 e. The molecule has 0 spiro atoms. The normalized spacial score (nSPS) is 21.5. The number of aliphatic imine (C=N–C) groups is 1. The van der Waals surface area contributed by atoms with Crippen molar-refractivity contribution in [1.82, 2.24) is 20.9 Å². The number of carbonyl (C=O) groups excluding carboxylic acids is 2. The zero-order valence-electron chi connectivity index (χ0n) is 18.8. The number of morpholine rings is 1. The largest absolute Gasteiger partial charge is 0.372 e. The average molecular weight is 430 g/mol. The highest BCUT2D eigenvalue weighted by Crippen LogP contribution is 2.28. The Hall–Kier alpha value is -2.61. The van der Waals surface area contributed by atoms with Crippen LogP contribution in [0.15, 0.2) is 29.3 Å². The van der Waals surface area contributed by atoms with Crippen LogP contribution >= 0.6 is 0 Å². The lowest BCUT2D eigenvalue weighted by molar-refractivity contribution is -0.122. The average Bonchev–Trinajstić information content (AvgIpc) is 3.59. The molecule has 31 heavy (non-hydrogen) atoms. The summed E-state index contributed by atoms with van der Waals surface area (Å²) in [6, 6.07) is 7.63. The molecule has 3 rings (SSSR count). The number of hydrogen-bond donors (Lipinski definition) is 3. The van der Waals surface area contributed by atoms with E-state index < -0.39 is 0 Å². The summed E-state index contributed by atoms with van der Waals surface area (Å²) < 4.78 is 5.71. The SMILES string of the molecule is CCNC(=NCc1ccc(C(=O)N2CC(C)OC(C)C2)cc1)NCCNC(=O)C1CC1. The Labute approximate surface area is 184 Å². The van der Waals surface area contributed by atoms with Crippen molar-refractivity contribution in [3.63, 3.8) is 0 Å². The number of benzene rings is 1. The molecule has 1 saturated heterocycles. The Morgan fingerprint density at radius 3 is 2.29 bits per heavy atom. The van der Waals surface area contributed by atoms with E-state index in [-0.39, 0.29) is 29.9 Å². The minimum absolute atomic E-state index is 0.0419. The van der Waals surface area contributed by atoms with Crippen molar-refractivity contribution in [2.24, 2.45) is 10.9 Å². The van der Waals surface area contributed by atoms with Gasteiger partial charge in [0.2, 0.25) is 5.91 Å². The summed E-state index contributed by atoms with van der Waals surface area (Å²) in [5.41, 5.74) is 1.71. The second kappa shape index (κ2) is 11.1. The first-order chi connectivity index (χ1) is 15.0. The number of nitrogens with one attached hydrogen (secondary N) is 3. The van der Waals surface area contributed by atoms with Crippen molar-refractivity contribution < 1.29 is 14.3 Å². The molecular weight excluding hydrogens is 394 g/mol. The van der Waals surface area contributed by atoms with Gasteiger partial charge in [-0.3, -0.25) is 9.59 Å². The molecule has 8 heteroatoms. The van der Waals surface area contributed by atoms with Crippen LogP contribution in [0, 0.1) is 5.92 Å². The first-order valence-corrected chi connectivity index (χ1v) is 11.3. The van der Waals surface area contributed by atoms with Gasteiger partial charge in [0.05, 0.1) is 18.8 Å². The third-order valence-corrected chi connectivity index (χ3v) is 5.34. The first kappa shape index (κ1) is 23.1. The van der Waals surface area contributed by atoms with E-state index in [4.69, 9.17) is 4.74 Å². The van der Waals surface area contributed by atoms with Crippen LogP contribution in [0.3, 0.4) is 0 Å². The van der Waals surface area contributed by atoms with Crippen LogP contribution in [0.5, 0.6) is 0 Å². The van der Waals surface area contributed by atoms with Crippen molar-refractivity contribution in [3.8, 4) is 0 Å². The van der Waals surface area contributed by atoms with Crippen LogP contribution in [0.1, 0.15) is 49.5 Å². The van der Waals surface area contributed by atoms with Gasteiger partial charge in [-0.2, -0.15) is 0 Å². The van der Waals surface area contributed by atoms with Gasteiger partial charge >= 0.3 is 0 Å². The van der Waals surface area contributed by atoms with E-state index >= 15 is 0 Å². The van der Waals surface area contributed by atoms with E-state index in [1.165, 1.54) is 0 Å². The zero-order valence-corrected chi connectivity index (χ0v) is 18.8. The lowest BCUT2D eigenvalue weighted by atomic mass is 10.1. The fourth-order valence-electron chi connectivity index (χ4n) is 3.65. The molecule has 2 aliphatic rings. The van der Waals surface area contributed by atoms with Crippen LogP contribution in [0.4, 0.5) is 0 Å². The molecule has 1 aromatic rings. The molecule has 2 atom stereocenters. The minimum atomic E-state index is 0.0419. The van der Waals surface area contributed by atoms with E-state index in [9.17, 15) is 9.59 Å². The predicted octanol–water partition coefficient (Wildman–Crippen LogP) is 1.52. The quantitative estimate of drug-likeness (QED) is 0.331. The molecule has 2 amide bonds. The lowest BCUT2D eigenvalue weighted by Crippen LogP contribution is -2.48. The molecule has 0 radical (unpaired) electrons. The third-order valence-electron chi connectivity index (χ3n) is 5.34. The number of carbonyl (C=O) groups is 2. The number of nitrogens with zero attached hydrogens (tertiary/aromatic N) is 2. The van der Waals surface area contributed by atoms with Crippen LogP contribution in [0.2, 0.25) is 0 Å². The Morgan fingerprint density at radius 1 is 1.03 bits per heavy atom. The second-order valence-electron chi connectivity index (χ2n) is 8.35. The zero-order chi connectivity index (χ0) is 22.2. The molecule has 0 bridgehead atoms. The highest BCUT2D eigenvalue weighted by molar-refractivity contribution is 5.94. The molecule has 3 N–H and O–H groups in total. The van der Waals surface area contributed by atoms with Gasteiger partial charge in [0.15, 0.2) is 5.96 Å². The monoisotopic (exact) mass is 429 g/mol. The summed E-state index contributed by atoms with van der Waals surface area (Å²) in [5, 5.41) is 9.39. The van der Waals surface area contributed by atoms with Crippen molar-refractivity contribution in [3.05, 3.63) is 35.4 Å². The van der Waals surface area contributed by atoms with Gasteiger partial charge in [0.1, 0.15) is 0 Å². The Kier molecular flexibility index (Phi) is 8.28. The molecule has 1 aromatic carbocycles. The number of hydrogen-bond acceptors (Lipinski definition) is 4. The molecule has 2 fully saturated rings. The second-order valence-corrected chi connectivity index (χ2v) is 8.35. The molecule has 1 saturated carbocycles. The number of amides is 2. The Bertz CT molecular complexity index is 766. The van der Waals surface area contributed by atoms with E-state index in [2.05, 4.69) is 20.9 Å². The van der Waals surface area contributed by atoms with Crippen LogP contribution in [0.25, 0.3) is 0 Å². The molecule has 170 valence electrons. The summed E-state index contributed by atoms with van der Waals surface area (Å²) in [5.74, 6) is 1.13. The predicted molar refractivity (Wildman–Crippen MR) is 121 cm³/mol. The number of rotatable bonds is 8. The summed E-state index contributed by atoms with van der Waals surface area (Å²) >= 11 is 0. The lowest BCUT2D eigenvalue weighted by Gasteiger charge is -2.35. The molecule has 1 heterocycles. The molecule has 1 aliphatic heterocycles. The van der Waals surface area contributed by atoms with Crippen molar-refractivity contribution in [2.75, 3.05) is 32.7 Å². The van der Waals surface area contributed by atoms with E-state index in [0.29, 0.717) is 44.2 Å². The highest BCUT2D eigenvalue weighted by atomic mass is 16.5. The Morgan fingerprint density at radius 2 is 1.68 bits per heavy atom. The van der Waals surface area contributed by atoms with Gasteiger partial charge < -0.3 is 25.6 Å². The van der Waals surface area contributed by atoms with E-state index in [0.717, 1.165) is 24.9 Å². The van der Waals surface area contributed by atoms with Gasteiger partial charge in [-0.15, -0.1) is 0 Å². The van der Waals surface area contributed by atoms with Gasteiger partial charge in [-0.1, -0.05) is 12.1 Å². The fourth-order valence-corrected chi connectivity index (χ4v) is 3.65. The molecule has 0 aromatic heterocycles. The molecule has 1 aliphatic carbocycles. The maximum absolute atomic E-state index is 12.8. The first-order valence-electron chi connectivity index (χ1n) is 11.3. The fraction of sp³-hybridized carbons (Fsp3) is 0.609. The van der Waals surface area contributed by atoms with E-state index in [1.54, 1.807) is 0 Å². The minimum Gasteiger partial charge on any atom is -0.372 e. The third kappa shape index (κ3) is 7.24. The molecule has 2 unspecified atom stereocenters. The van der Waals surface area contributed by atoms with Crippen molar-refractivity contribution in [2.45, 2.75) is 52.4 Å². The maximum Gasteiger partial charge on any atom is 0.254 e. The maximum atomic E-state index is 12.8. The van der Waals surface area contributed by atoms with Crippen molar-refractivity contribution in [1.29, 1.82) is 0 Å². The standard InChI is InChI=1S/C23H35N5O3/c1-4-24-23(26-12-11-25-21(29)19-9-10-19)27-13-18-5-7-20(8-6-18)22(30)28-14-16(2)31-17(3)15-28/h5-8,16-17,19H,4,9-15H2,1-3H3,(H,25,29)(H2,24,26,27). The summed E-state index contributed by atoms with van der Waals surface area (Å²) in [6.45, 7) is 9.70. The Balaban J connectivity index is 1.48. The topological polar surface area (TPSA) is 95.1 Å². The van der Waals surface area contributed by atoms with Crippen LogP contribution in [-0.4, -0.2) is 67.6 Å². The summed E-state index contributed by atoms with van der Waals surface area (Å²) in [6.07, 6.45) is 2.14. The van der Waals surface area contributed by atoms with Gasteiger partial charge in [-0.05, 0) is 51.3 Å². The molecular formula is C23H35N5O3. The summed E-state index contributed by atoms with van der Waals surface area (Å²) in [7, 11) is 0. The highest BCUT2D eigenvalue weighted by Gasteiger charge is 2.29. The van der Waals surface area contributed by atoms with Crippen LogP contribution < -0.4 is 16.0 Å². The number of ether oxygens (including phenoxy) is 1. The van der Waals surface area contributed by atoms with Crippen molar-refractivity contribution >= 4 is 17.8 Å². The van der Waals surface area contributed by atoms with Gasteiger partial charge in [0, 0.05) is 44.2 Å². The van der Waals surface area contributed by atoms with Gasteiger partial charge in [-0.25, -0.2) is 4.99 Å².